The van der Waals surface area contributed by atoms with Crippen LogP contribution in [0.1, 0.15) is 19.8 Å². The van der Waals surface area contributed by atoms with Crippen LogP contribution in [0.25, 0.3) is 0 Å². The van der Waals surface area contributed by atoms with Crippen molar-refractivity contribution < 1.29 is 9.53 Å². The Morgan fingerprint density at radius 2 is 2.44 bits per heavy atom. The van der Waals surface area contributed by atoms with Gasteiger partial charge in [-0.2, -0.15) is 0 Å². The van der Waals surface area contributed by atoms with Crippen LogP contribution in [0.2, 0.25) is 0 Å². The third-order valence-electron chi connectivity index (χ3n) is 2.17. The lowest BCUT2D eigenvalue weighted by molar-refractivity contribution is -0.116. The first-order valence-electron chi connectivity index (χ1n) is 5.06. The molecule has 0 aliphatic heterocycles. The van der Waals surface area contributed by atoms with Crippen molar-refractivity contribution in [3.05, 3.63) is 22.8 Å². The summed E-state index contributed by atoms with van der Waals surface area (Å²) in [5.74, 6) is 0.513. The number of carbonyl (C=O) groups excluding carboxylic acids is 1. The van der Waals surface area contributed by atoms with Gasteiger partial charge in [0, 0.05) is 24.2 Å². The molecule has 0 saturated heterocycles. The minimum atomic E-state index is -0.0468. The van der Waals surface area contributed by atoms with E-state index in [2.05, 4.69) is 26.2 Å². The number of nitrogens with zero attached hydrogens (tertiary/aromatic N) is 1. The Morgan fingerprint density at radius 3 is 3.06 bits per heavy atom. The molecule has 1 rings (SSSR count). The van der Waals surface area contributed by atoms with E-state index in [0.29, 0.717) is 18.7 Å². The first kappa shape index (κ1) is 13.1. The average molecular weight is 287 g/mol. The van der Waals surface area contributed by atoms with Crippen LogP contribution < -0.4 is 5.32 Å². The highest BCUT2D eigenvalue weighted by Gasteiger charge is 2.06. The van der Waals surface area contributed by atoms with Crippen LogP contribution in [-0.4, -0.2) is 24.1 Å². The number of halogens is 1. The quantitative estimate of drug-likeness (QED) is 0.905. The molecule has 1 aromatic rings. The van der Waals surface area contributed by atoms with Crippen molar-refractivity contribution in [3.8, 4) is 0 Å². The molecule has 0 aliphatic rings. The molecular formula is C11H15BrN2O2. The molecule has 16 heavy (non-hydrogen) atoms. The maximum absolute atomic E-state index is 11.5. The summed E-state index contributed by atoms with van der Waals surface area (Å²) in [5.41, 5.74) is 0. The lowest BCUT2D eigenvalue weighted by atomic mass is 10.2. The van der Waals surface area contributed by atoms with E-state index >= 15 is 0 Å². The molecule has 88 valence electrons. The maximum Gasteiger partial charge on any atom is 0.225 e. The van der Waals surface area contributed by atoms with Crippen molar-refractivity contribution >= 4 is 27.7 Å². The van der Waals surface area contributed by atoms with Gasteiger partial charge in [0.15, 0.2) is 0 Å². The lowest BCUT2D eigenvalue weighted by Crippen LogP contribution is -2.15. The number of amides is 1. The van der Waals surface area contributed by atoms with E-state index in [0.717, 1.165) is 4.47 Å². The fraction of sp³-hybridized carbons (Fsp3) is 0.455. The van der Waals surface area contributed by atoms with E-state index in [4.69, 9.17) is 4.74 Å². The largest absolute Gasteiger partial charge is 0.382 e. The van der Waals surface area contributed by atoms with Gasteiger partial charge in [-0.3, -0.25) is 4.79 Å². The minimum absolute atomic E-state index is 0.0468. The molecule has 5 heteroatoms. The van der Waals surface area contributed by atoms with E-state index in [-0.39, 0.29) is 12.0 Å². The van der Waals surface area contributed by atoms with Crippen LogP contribution in [0, 0.1) is 0 Å². The second-order valence-corrected chi connectivity index (χ2v) is 4.41. The fourth-order valence-corrected chi connectivity index (χ4v) is 1.47. The molecule has 0 bridgehead atoms. The van der Waals surface area contributed by atoms with Gasteiger partial charge in [0.1, 0.15) is 5.82 Å². The number of hydrogen-bond acceptors (Lipinski definition) is 3. The summed E-state index contributed by atoms with van der Waals surface area (Å²) in [7, 11) is 1.64. The Bertz CT molecular complexity index is 358. The van der Waals surface area contributed by atoms with Gasteiger partial charge in [-0.05, 0) is 25.5 Å². The highest BCUT2D eigenvalue weighted by molar-refractivity contribution is 9.10. The van der Waals surface area contributed by atoms with E-state index in [1.54, 1.807) is 19.4 Å². The third-order valence-corrected chi connectivity index (χ3v) is 2.66. The van der Waals surface area contributed by atoms with Gasteiger partial charge in [0.05, 0.1) is 6.10 Å². The van der Waals surface area contributed by atoms with Crippen LogP contribution in [0.3, 0.4) is 0 Å². The zero-order valence-corrected chi connectivity index (χ0v) is 11.0. The van der Waals surface area contributed by atoms with Gasteiger partial charge >= 0.3 is 0 Å². The summed E-state index contributed by atoms with van der Waals surface area (Å²) >= 11 is 3.31. The van der Waals surface area contributed by atoms with Crippen LogP contribution in [-0.2, 0) is 9.53 Å². The summed E-state index contributed by atoms with van der Waals surface area (Å²) in [6, 6.07) is 3.57. The number of hydrogen-bond donors (Lipinski definition) is 1. The third kappa shape index (κ3) is 4.72. The van der Waals surface area contributed by atoms with Crippen LogP contribution >= 0.6 is 15.9 Å². The first-order valence-corrected chi connectivity index (χ1v) is 5.85. The predicted octanol–water partition coefficient (Wildman–Crippen LogP) is 2.60. The number of anilines is 1. The van der Waals surface area contributed by atoms with Crippen molar-refractivity contribution in [2.75, 3.05) is 12.4 Å². The standard InChI is InChI=1S/C11H15BrN2O2/c1-8(16-2)3-4-11(15)14-10-7-9(12)5-6-13-10/h5-8H,3-4H2,1-2H3,(H,13,14,15). The average Bonchev–Trinajstić information content (AvgIpc) is 2.26. The van der Waals surface area contributed by atoms with Crippen molar-refractivity contribution in [1.82, 2.24) is 4.98 Å². The number of nitrogens with one attached hydrogen (secondary N) is 1. The van der Waals surface area contributed by atoms with Crippen molar-refractivity contribution in [2.24, 2.45) is 0 Å². The summed E-state index contributed by atoms with van der Waals surface area (Å²) in [5, 5.41) is 2.73. The molecule has 0 aliphatic carbocycles. The Kier molecular flexibility index (Phi) is 5.42. The molecule has 1 atom stereocenters. The van der Waals surface area contributed by atoms with Gasteiger partial charge in [0.25, 0.3) is 0 Å². The second-order valence-electron chi connectivity index (χ2n) is 3.49. The maximum atomic E-state index is 11.5. The van der Waals surface area contributed by atoms with Crippen LogP contribution in [0.15, 0.2) is 22.8 Å². The zero-order valence-electron chi connectivity index (χ0n) is 9.37. The highest BCUT2D eigenvalue weighted by atomic mass is 79.9. The Morgan fingerprint density at radius 1 is 1.69 bits per heavy atom. The minimum Gasteiger partial charge on any atom is -0.382 e. The number of rotatable bonds is 5. The van der Waals surface area contributed by atoms with Crippen molar-refractivity contribution in [1.29, 1.82) is 0 Å². The number of pyridine rings is 1. The van der Waals surface area contributed by atoms with E-state index in [1.165, 1.54) is 0 Å². The molecule has 4 nitrogen and oxygen atoms in total. The van der Waals surface area contributed by atoms with Crippen LogP contribution in [0.5, 0.6) is 0 Å². The molecule has 1 heterocycles. The molecule has 1 unspecified atom stereocenters. The Hall–Kier alpha value is -0.940. The number of ether oxygens (including phenoxy) is 1. The number of carbonyl (C=O) groups is 1. The van der Waals surface area contributed by atoms with Crippen LogP contribution in [0.4, 0.5) is 5.82 Å². The molecule has 1 amide bonds. The van der Waals surface area contributed by atoms with Gasteiger partial charge in [-0.1, -0.05) is 15.9 Å². The van der Waals surface area contributed by atoms with Gasteiger partial charge in [-0.15, -0.1) is 0 Å². The van der Waals surface area contributed by atoms with E-state index < -0.39 is 0 Å². The monoisotopic (exact) mass is 286 g/mol. The molecular weight excluding hydrogens is 272 g/mol. The van der Waals surface area contributed by atoms with Gasteiger partial charge in [-0.25, -0.2) is 4.98 Å². The van der Waals surface area contributed by atoms with Crippen molar-refractivity contribution in [3.63, 3.8) is 0 Å². The topological polar surface area (TPSA) is 51.2 Å². The molecule has 0 spiro atoms. The summed E-state index contributed by atoms with van der Waals surface area (Å²) in [4.78, 5) is 15.6. The van der Waals surface area contributed by atoms with Crippen molar-refractivity contribution in [2.45, 2.75) is 25.9 Å². The summed E-state index contributed by atoms with van der Waals surface area (Å²) in [6.45, 7) is 1.94. The predicted molar refractivity (Wildman–Crippen MR) is 66.3 cm³/mol. The Labute approximate surface area is 104 Å². The van der Waals surface area contributed by atoms with Gasteiger partial charge < -0.3 is 10.1 Å². The SMILES string of the molecule is COC(C)CCC(=O)Nc1cc(Br)ccn1. The number of methoxy groups -OCH3 is 1. The molecule has 0 saturated carbocycles. The second kappa shape index (κ2) is 6.60. The number of aromatic nitrogens is 1. The summed E-state index contributed by atoms with van der Waals surface area (Å²) < 4.78 is 5.96. The molecule has 0 radical (unpaired) electrons. The summed E-state index contributed by atoms with van der Waals surface area (Å²) in [6.07, 6.45) is 2.87. The molecule has 1 N–H and O–H groups in total. The lowest BCUT2D eigenvalue weighted by Gasteiger charge is -2.09. The molecule has 0 fully saturated rings. The fourth-order valence-electron chi connectivity index (χ4n) is 1.13. The highest BCUT2D eigenvalue weighted by Crippen LogP contribution is 2.13. The smallest absolute Gasteiger partial charge is 0.225 e. The van der Waals surface area contributed by atoms with E-state index in [1.807, 2.05) is 13.0 Å². The van der Waals surface area contributed by atoms with E-state index in [9.17, 15) is 4.79 Å². The molecule has 0 aromatic carbocycles. The van der Waals surface area contributed by atoms with Gasteiger partial charge in [0.2, 0.25) is 5.91 Å². The Balaban J connectivity index is 2.40. The zero-order chi connectivity index (χ0) is 12.0. The first-order chi connectivity index (χ1) is 7.61. The normalized spacial score (nSPS) is 12.2. The molecule has 1 aromatic heterocycles.